The molecular weight excluding hydrogens is 258 g/mol. The Kier molecular flexibility index (Phi) is 5.35. The number of nitrogen functional groups attached to an aromatic ring is 1. The summed E-state index contributed by atoms with van der Waals surface area (Å²) in [5.74, 6) is 2.45. The molecule has 19 heavy (non-hydrogen) atoms. The number of anilines is 2. The Morgan fingerprint density at radius 1 is 1.42 bits per heavy atom. The van der Waals surface area contributed by atoms with Gasteiger partial charge in [-0.2, -0.15) is 16.7 Å². The van der Waals surface area contributed by atoms with Gasteiger partial charge in [-0.1, -0.05) is 0 Å². The van der Waals surface area contributed by atoms with Crippen LogP contribution in [0.5, 0.6) is 5.88 Å². The number of rotatable bonds is 5. The van der Waals surface area contributed by atoms with Crippen LogP contribution in [0.25, 0.3) is 0 Å². The van der Waals surface area contributed by atoms with Gasteiger partial charge in [-0.05, 0) is 46.1 Å². The SMILES string of the molecule is CSCC(C)N(C)c1ccc(N)c(OC(C)(C)C)n1. The molecule has 0 amide bonds. The Bertz CT molecular complexity index is 418. The quantitative estimate of drug-likeness (QED) is 0.900. The van der Waals surface area contributed by atoms with Crippen LogP contribution in [0.3, 0.4) is 0 Å². The number of nitrogens with two attached hydrogens (primary N) is 1. The first-order chi connectivity index (χ1) is 8.74. The van der Waals surface area contributed by atoms with E-state index in [9.17, 15) is 0 Å². The zero-order chi connectivity index (χ0) is 14.6. The van der Waals surface area contributed by atoms with Crippen molar-refractivity contribution in [3.8, 4) is 5.88 Å². The van der Waals surface area contributed by atoms with Crippen LogP contribution in [0.2, 0.25) is 0 Å². The number of ether oxygens (including phenoxy) is 1. The molecule has 1 rings (SSSR count). The highest BCUT2D eigenvalue weighted by Crippen LogP contribution is 2.27. The molecule has 0 aliphatic carbocycles. The van der Waals surface area contributed by atoms with Gasteiger partial charge in [0.25, 0.3) is 0 Å². The molecule has 4 nitrogen and oxygen atoms in total. The number of thioether (sulfide) groups is 1. The molecule has 0 radical (unpaired) electrons. The van der Waals surface area contributed by atoms with E-state index in [0.29, 0.717) is 17.6 Å². The van der Waals surface area contributed by atoms with Crippen molar-refractivity contribution >= 4 is 23.3 Å². The third kappa shape index (κ3) is 4.82. The number of nitrogens with zero attached hydrogens (tertiary/aromatic N) is 2. The first-order valence-electron chi connectivity index (χ1n) is 6.42. The Labute approximate surface area is 120 Å². The van der Waals surface area contributed by atoms with E-state index in [0.717, 1.165) is 11.6 Å². The monoisotopic (exact) mass is 283 g/mol. The van der Waals surface area contributed by atoms with Crippen molar-refractivity contribution in [3.63, 3.8) is 0 Å². The number of hydrogen-bond donors (Lipinski definition) is 1. The molecule has 0 saturated carbocycles. The van der Waals surface area contributed by atoms with E-state index >= 15 is 0 Å². The minimum Gasteiger partial charge on any atom is -0.470 e. The lowest BCUT2D eigenvalue weighted by Gasteiger charge is -2.27. The van der Waals surface area contributed by atoms with E-state index in [1.165, 1.54) is 0 Å². The molecular formula is C14H25N3OS. The van der Waals surface area contributed by atoms with Gasteiger partial charge < -0.3 is 15.4 Å². The minimum atomic E-state index is -0.302. The maximum Gasteiger partial charge on any atom is 0.239 e. The molecule has 2 N–H and O–H groups in total. The number of aromatic nitrogens is 1. The van der Waals surface area contributed by atoms with Gasteiger partial charge >= 0.3 is 0 Å². The fourth-order valence-corrected chi connectivity index (χ4v) is 2.29. The lowest BCUT2D eigenvalue weighted by molar-refractivity contribution is 0.125. The van der Waals surface area contributed by atoms with Gasteiger partial charge in [0.05, 0.1) is 5.69 Å². The number of pyridine rings is 1. The van der Waals surface area contributed by atoms with Crippen LogP contribution in [-0.2, 0) is 0 Å². The van der Waals surface area contributed by atoms with Crippen molar-refractivity contribution in [1.82, 2.24) is 4.98 Å². The normalized spacial score (nSPS) is 13.2. The van der Waals surface area contributed by atoms with Gasteiger partial charge in [-0.15, -0.1) is 0 Å². The van der Waals surface area contributed by atoms with Gasteiger partial charge in [-0.3, -0.25) is 0 Å². The second-order valence-electron chi connectivity index (χ2n) is 5.69. The average Bonchev–Trinajstić information content (AvgIpc) is 2.29. The Morgan fingerprint density at radius 3 is 2.58 bits per heavy atom. The molecule has 1 unspecified atom stereocenters. The summed E-state index contributed by atoms with van der Waals surface area (Å²) in [5, 5.41) is 0. The zero-order valence-electron chi connectivity index (χ0n) is 12.7. The lowest BCUT2D eigenvalue weighted by atomic mass is 10.2. The molecule has 0 aliphatic rings. The van der Waals surface area contributed by atoms with Gasteiger partial charge in [0.15, 0.2) is 0 Å². The van der Waals surface area contributed by atoms with Crippen molar-refractivity contribution in [1.29, 1.82) is 0 Å². The largest absolute Gasteiger partial charge is 0.470 e. The summed E-state index contributed by atoms with van der Waals surface area (Å²) in [7, 11) is 2.04. The fourth-order valence-electron chi connectivity index (χ4n) is 1.59. The zero-order valence-corrected chi connectivity index (χ0v) is 13.5. The van der Waals surface area contributed by atoms with Crippen LogP contribution in [-0.4, -0.2) is 35.7 Å². The van der Waals surface area contributed by atoms with Gasteiger partial charge in [0.2, 0.25) is 5.88 Å². The van der Waals surface area contributed by atoms with Crippen molar-refractivity contribution in [2.45, 2.75) is 39.3 Å². The van der Waals surface area contributed by atoms with Crippen LogP contribution >= 0.6 is 11.8 Å². The first-order valence-corrected chi connectivity index (χ1v) is 7.81. The van der Waals surface area contributed by atoms with Gasteiger partial charge in [-0.25, -0.2) is 0 Å². The highest BCUT2D eigenvalue weighted by molar-refractivity contribution is 7.98. The van der Waals surface area contributed by atoms with E-state index < -0.39 is 0 Å². The molecule has 108 valence electrons. The maximum absolute atomic E-state index is 5.92. The third-order valence-electron chi connectivity index (χ3n) is 2.71. The molecule has 0 fully saturated rings. The summed E-state index contributed by atoms with van der Waals surface area (Å²) in [6.45, 7) is 8.14. The van der Waals surface area contributed by atoms with Crippen molar-refractivity contribution < 1.29 is 4.74 Å². The molecule has 1 aromatic heterocycles. The van der Waals surface area contributed by atoms with Gasteiger partial charge in [0.1, 0.15) is 11.4 Å². The summed E-state index contributed by atoms with van der Waals surface area (Å²) in [6.07, 6.45) is 2.11. The van der Waals surface area contributed by atoms with Gasteiger partial charge in [0, 0.05) is 18.8 Å². The Morgan fingerprint density at radius 2 is 2.05 bits per heavy atom. The summed E-state index contributed by atoms with van der Waals surface area (Å²) in [4.78, 5) is 6.67. The van der Waals surface area contributed by atoms with E-state index in [2.05, 4.69) is 23.1 Å². The minimum absolute atomic E-state index is 0.302. The molecule has 0 aromatic carbocycles. The predicted octanol–water partition coefficient (Wildman–Crippen LogP) is 3.03. The summed E-state index contributed by atoms with van der Waals surface area (Å²) < 4.78 is 5.80. The molecule has 5 heteroatoms. The second-order valence-corrected chi connectivity index (χ2v) is 6.60. The lowest BCUT2D eigenvalue weighted by Crippen LogP contribution is -2.32. The molecule has 0 bridgehead atoms. The Balaban J connectivity index is 2.95. The highest BCUT2D eigenvalue weighted by atomic mass is 32.2. The van der Waals surface area contributed by atoms with Crippen LogP contribution in [0.15, 0.2) is 12.1 Å². The van der Waals surface area contributed by atoms with E-state index in [1.807, 2.05) is 51.7 Å². The first kappa shape index (κ1) is 16.0. The van der Waals surface area contributed by atoms with Crippen molar-refractivity contribution in [2.24, 2.45) is 0 Å². The topological polar surface area (TPSA) is 51.4 Å². The third-order valence-corrected chi connectivity index (χ3v) is 3.52. The second kappa shape index (κ2) is 6.37. The Hall–Kier alpha value is -1.10. The number of hydrogen-bond acceptors (Lipinski definition) is 5. The molecule has 0 aliphatic heterocycles. The van der Waals surface area contributed by atoms with E-state index in [4.69, 9.17) is 10.5 Å². The van der Waals surface area contributed by atoms with Crippen LogP contribution < -0.4 is 15.4 Å². The highest BCUT2D eigenvalue weighted by Gasteiger charge is 2.17. The molecule has 1 atom stereocenters. The maximum atomic E-state index is 5.92. The standard InChI is InChI=1S/C14H25N3OS/c1-10(9-19-6)17(5)12-8-7-11(15)13(16-12)18-14(2,3)4/h7-8,10H,9,15H2,1-6H3. The van der Waals surface area contributed by atoms with E-state index in [1.54, 1.807) is 0 Å². The average molecular weight is 283 g/mol. The molecule has 1 heterocycles. The van der Waals surface area contributed by atoms with Crippen molar-refractivity contribution in [2.75, 3.05) is 29.7 Å². The summed E-state index contributed by atoms with van der Waals surface area (Å²) >= 11 is 1.82. The van der Waals surface area contributed by atoms with Crippen LogP contribution in [0.1, 0.15) is 27.7 Å². The molecule has 1 aromatic rings. The predicted molar refractivity (Wildman–Crippen MR) is 85.3 cm³/mol. The van der Waals surface area contributed by atoms with E-state index in [-0.39, 0.29) is 5.60 Å². The van der Waals surface area contributed by atoms with Crippen LogP contribution in [0.4, 0.5) is 11.5 Å². The van der Waals surface area contributed by atoms with Crippen LogP contribution in [0, 0.1) is 0 Å². The molecule has 0 spiro atoms. The summed E-state index contributed by atoms with van der Waals surface area (Å²) in [6, 6.07) is 4.20. The van der Waals surface area contributed by atoms with Crippen molar-refractivity contribution in [3.05, 3.63) is 12.1 Å². The fraction of sp³-hybridized carbons (Fsp3) is 0.643. The smallest absolute Gasteiger partial charge is 0.239 e. The molecule has 0 saturated heterocycles. The summed E-state index contributed by atoms with van der Waals surface area (Å²) in [5.41, 5.74) is 6.19.